The molecular formula is C26H30N2O8-3. The van der Waals surface area contributed by atoms with Gasteiger partial charge in [0.2, 0.25) is 0 Å². The lowest BCUT2D eigenvalue weighted by molar-refractivity contribution is -0.338. The van der Waals surface area contributed by atoms with Crippen LogP contribution >= 0.6 is 0 Å². The zero-order valence-electron chi connectivity index (χ0n) is 20.5. The van der Waals surface area contributed by atoms with Gasteiger partial charge in [-0.05, 0) is 55.7 Å². The van der Waals surface area contributed by atoms with Crippen LogP contribution < -0.4 is 15.3 Å². The van der Waals surface area contributed by atoms with Gasteiger partial charge >= 0.3 is 0 Å². The van der Waals surface area contributed by atoms with Gasteiger partial charge in [-0.1, -0.05) is 32.5 Å². The quantitative estimate of drug-likeness (QED) is 0.482. The molecule has 0 amide bonds. The number of aliphatic carboxylic acids is 3. The lowest BCUT2D eigenvalue weighted by Gasteiger charge is -2.58. The van der Waals surface area contributed by atoms with E-state index in [2.05, 4.69) is 17.9 Å². The van der Waals surface area contributed by atoms with E-state index in [0.717, 1.165) is 55.4 Å². The Morgan fingerprint density at radius 1 is 1.08 bits per heavy atom. The highest BCUT2D eigenvalue weighted by Crippen LogP contribution is 2.60. The smallest absolute Gasteiger partial charge is 0.183 e. The van der Waals surface area contributed by atoms with E-state index in [0.29, 0.717) is 0 Å². The standard InChI is InChI=1S/C20H24N2O3.C5H6O5.CH3/c1-2-19-9-5-10-21-11-8-14-13-6-3-4-7-15(13)22(16(14)17(19)21)20(25,12-19)18(23)24;6-3(5(9)10)1-2-4(7)8;/h3-4,6-7,17,25H,2,5,8-12H2,1H3,(H,23,24);1-2H2,(H,7,8)(H,9,10);1H3/p-3/t17-,19+,20+;;/m1../s1. The van der Waals surface area contributed by atoms with Crippen LogP contribution in [0.5, 0.6) is 0 Å². The zero-order valence-corrected chi connectivity index (χ0v) is 20.5. The van der Waals surface area contributed by atoms with Crippen LogP contribution in [-0.2, 0) is 31.3 Å². The van der Waals surface area contributed by atoms with Gasteiger partial charge in [0, 0.05) is 36.4 Å². The minimum atomic E-state index is -1.97. The van der Waals surface area contributed by atoms with Crippen molar-refractivity contribution >= 4 is 34.6 Å². The number of piperidine rings is 1. The fourth-order valence-electron chi connectivity index (χ4n) is 6.25. The third-order valence-corrected chi connectivity index (χ3v) is 7.78. The fraction of sp³-hybridized carbons (Fsp3) is 0.500. The number of nitrogens with zero attached hydrogens (tertiary/aromatic N) is 2. The third kappa shape index (κ3) is 4.28. The molecule has 36 heavy (non-hydrogen) atoms. The van der Waals surface area contributed by atoms with E-state index in [1.165, 1.54) is 5.56 Å². The Morgan fingerprint density at radius 3 is 2.39 bits per heavy atom. The van der Waals surface area contributed by atoms with Crippen LogP contribution in [0.15, 0.2) is 24.3 Å². The molecule has 10 nitrogen and oxygen atoms in total. The van der Waals surface area contributed by atoms with Crippen LogP contribution in [0.3, 0.4) is 0 Å². The Kier molecular flexibility index (Phi) is 7.61. The van der Waals surface area contributed by atoms with Gasteiger partial charge in [0.05, 0.1) is 17.5 Å². The van der Waals surface area contributed by atoms with Gasteiger partial charge in [-0.15, -0.1) is 0 Å². The number of carbonyl (C=O) groups is 4. The van der Waals surface area contributed by atoms with Crippen molar-refractivity contribution in [3.8, 4) is 0 Å². The van der Waals surface area contributed by atoms with Crippen LogP contribution in [0.25, 0.3) is 10.9 Å². The number of ketones is 1. The van der Waals surface area contributed by atoms with Crippen molar-refractivity contribution in [2.24, 2.45) is 5.41 Å². The molecule has 1 radical (unpaired) electrons. The van der Waals surface area contributed by atoms with Gasteiger partial charge in [-0.3, -0.25) is 9.69 Å². The average molecular weight is 499 g/mol. The van der Waals surface area contributed by atoms with Crippen LogP contribution in [-0.4, -0.2) is 51.4 Å². The molecule has 1 aromatic heterocycles. The van der Waals surface area contributed by atoms with Crippen LogP contribution in [0.2, 0.25) is 0 Å². The number of carboxylic acid groups (broad SMARTS) is 3. The first-order chi connectivity index (χ1) is 16.6. The number of para-hydroxylation sites is 1. The van der Waals surface area contributed by atoms with Gasteiger partial charge in [-0.2, -0.15) is 0 Å². The summed E-state index contributed by atoms with van der Waals surface area (Å²) in [5.74, 6) is -5.91. The zero-order chi connectivity index (χ0) is 25.5. The normalized spacial score (nSPS) is 26.1. The fourth-order valence-corrected chi connectivity index (χ4v) is 6.25. The minimum Gasteiger partial charge on any atom is -0.550 e. The molecule has 5 rings (SSSR count). The van der Waals surface area contributed by atoms with E-state index in [1.807, 2.05) is 18.2 Å². The van der Waals surface area contributed by atoms with Crippen molar-refractivity contribution in [3.05, 3.63) is 42.9 Å². The number of carbonyl (C=O) groups excluding carboxylic acids is 4. The van der Waals surface area contributed by atoms with Gasteiger partial charge in [0.25, 0.3) is 0 Å². The monoisotopic (exact) mass is 498 g/mol. The molecule has 0 spiro atoms. The summed E-state index contributed by atoms with van der Waals surface area (Å²) in [6.45, 7) is 4.19. The molecule has 1 aromatic carbocycles. The Balaban J connectivity index is 0.000000283. The summed E-state index contributed by atoms with van der Waals surface area (Å²) >= 11 is 0. The number of hydrogen-bond donors (Lipinski definition) is 1. The molecule has 0 saturated carbocycles. The SMILES string of the molecule is CC[C@]12CCCN3CCc4c(n(c5ccccc45)[C@@](O)(C(=O)[O-])C1)[C@@H]32.O=C([O-])CCC(=O)C(=O)[O-].[CH3]. The van der Waals surface area contributed by atoms with Gasteiger partial charge in [-0.25, -0.2) is 0 Å². The highest BCUT2D eigenvalue weighted by molar-refractivity contribution is 6.31. The molecule has 0 bridgehead atoms. The van der Waals surface area contributed by atoms with Gasteiger partial charge in [0.1, 0.15) is 5.97 Å². The third-order valence-electron chi connectivity index (χ3n) is 7.78. The lowest BCUT2D eigenvalue weighted by atomic mass is 9.62. The predicted molar refractivity (Wildman–Crippen MR) is 122 cm³/mol. The second-order valence-corrected chi connectivity index (χ2v) is 9.59. The molecule has 3 aliphatic heterocycles. The van der Waals surface area contributed by atoms with Crippen molar-refractivity contribution in [2.45, 2.75) is 63.6 Å². The van der Waals surface area contributed by atoms with E-state index >= 15 is 0 Å². The highest BCUT2D eigenvalue weighted by atomic mass is 16.4. The lowest BCUT2D eigenvalue weighted by Crippen LogP contribution is -2.62. The predicted octanol–water partition coefficient (Wildman–Crippen LogP) is -1.18. The molecule has 2 aromatic rings. The van der Waals surface area contributed by atoms with Crippen molar-refractivity contribution < 1.29 is 39.6 Å². The molecule has 4 heterocycles. The Morgan fingerprint density at radius 2 is 1.78 bits per heavy atom. The van der Waals surface area contributed by atoms with Gasteiger partial charge < -0.3 is 39.4 Å². The van der Waals surface area contributed by atoms with Crippen LogP contribution in [0.4, 0.5) is 0 Å². The first-order valence-corrected chi connectivity index (χ1v) is 11.8. The maximum absolute atomic E-state index is 12.1. The molecule has 10 heteroatoms. The molecule has 3 aliphatic rings. The molecule has 1 fully saturated rings. The summed E-state index contributed by atoms with van der Waals surface area (Å²) in [4.78, 5) is 44.0. The first kappa shape index (κ1) is 27.3. The maximum atomic E-state index is 12.1. The highest BCUT2D eigenvalue weighted by Gasteiger charge is 2.57. The van der Waals surface area contributed by atoms with Crippen molar-refractivity contribution in [2.75, 3.05) is 13.1 Å². The largest absolute Gasteiger partial charge is 0.550 e. The number of Topliss-reactive ketones (excluding diaryl/α,β-unsaturated/α-hetero) is 1. The van der Waals surface area contributed by atoms with Crippen molar-refractivity contribution in [1.29, 1.82) is 0 Å². The number of aromatic nitrogens is 1. The number of benzene rings is 1. The molecule has 195 valence electrons. The Hall–Kier alpha value is -3.24. The van der Waals surface area contributed by atoms with E-state index in [4.69, 9.17) is 0 Å². The summed E-state index contributed by atoms with van der Waals surface area (Å²) in [6, 6.07) is 8.07. The second-order valence-electron chi connectivity index (χ2n) is 9.59. The molecule has 0 unspecified atom stereocenters. The number of fused-ring (bicyclic) bond motifs is 3. The summed E-state index contributed by atoms with van der Waals surface area (Å²) < 4.78 is 1.70. The number of aliphatic hydroxyl groups is 1. The number of hydrogen-bond acceptors (Lipinski definition) is 9. The molecule has 1 saturated heterocycles. The van der Waals surface area contributed by atoms with Crippen LogP contribution in [0.1, 0.15) is 62.7 Å². The topological polar surface area (TPSA) is 166 Å². The van der Waals surface area contributed by atoms with Crippen molar-refractivity contribution in [3.63, 3.8) is 0 Å². The minimum absolute atomic E-state index is 0. The molecular weight excluding hydrogens is 468 g/mol. The summed E-state index contributed by atoms with van der Waals surface area (Å²) in [5.41, 5.74) is 0.881. The first-order valence-electron chi connectivity index (χ1n) is 11.8. The molecule has 1 N–H and O–H groups in total. The molecule has 0 aliphatic carbocycles. The Labute approximate surface area is 209 Å². The summed E-state index contributed by atoms with van der Waals surface area (Å²) in [5, 5.41) is 43.8. The maximum Gasteiger partial charge on any atom is 0.183 e. The number of rotatable bonds is 6. The average Bonchev–Trinajstić information content (AvgIpc) is 3.18. The van der Waals surface area contributed by atoms with Crippen molar-refractivity contribution in [1.82, 2.24) is 9.47 Å². The van der Waals surface area contributed by atoms with E-state index in [-0.39, 0.29) is 25.3 Å². The van der Waals surface area contributed by atoms with Gasteiger partial charge in [0.15, 0.2) is 11.5 Å². The molecule has 3 atom stereocenters. The van der Waals surface area contributed by atoms with Crippen LogP contribution in [0, 0.1) is 12.8 Å². The van der Waals surface area contributed by atoms with E-state index in [9.17, 15) is 39.6 Å². The second kappa shape index (κ2) is 10.0. The Bertz CT molecular complexity index is 1200. The summed E-state index contributed by atoms with van der Waals surface area (Å²) in [7, 11) is 0. The van der Waals surface area contributed by atoms with E-state index in [1.54, 1.807) is 4.57 Å². The van der Waals surface area contributed by atoms with E-state index < -0.39 is 42.3 Å². The summed E-state index contributed by atoms with van der Waals surface area (Å²) in [6.07, 6.45) is 2.87. The number of carboxylic acids is 3.